The quantitative estimate of drug-likeness (QED) is 0.664. The molecule has 6 atom stereocenters. The van der Waals surface area contributed by atoms with Crippen molar-refractivity contribution in [2.24, 2.45) is 33.5 Å². The molecular formula is C15H24O. The minimum atomic E-state index is -0.0182. The van der Waals surface area contributed by atoms with Crippen LogP contribution in [-0.4, -0.2) is 11.2 Å². The van der Waals surface area contributed by atoms with Gasteiger partial charge in [-0.25, -0.2) is 0 Å². The molecule has 5 fully saturated rings. The van der Waals surface area contributed by atoms with Gasteiger partial charge in [0.25, 0.3) is 0 Å². The molecule has 0 heterocycles. The van der Waals surface area contributed by atoms with Crippen molar-refractivity contribution >= 4 is 0 Å². The van der Waals surface area contributed by atoms with Crippen LogP contribution in [0.4, 0.5) is 0 Å². The van der Waals surface area contributed by atoms with Crippen molar-refractivity contribution in [1.82, 2.24) is 0 Å². The molecule has 90 valence electrons. The van der Waals surface area contributed by atoms with Gasteiger partial charge in [0.05, 0.1) is 6.10 Å². The highest BCUT2D eigenvalue weighted by Gasteiger charge is 2.92. The van der Waals surface area contributed by atoms with Gasteiger partial charge in [0.1, 0.15) is 0 Å². The predicted molar refractivity (Wildman–Crippen MR) is 63.9 cm³/mol. The average Bonchev–Trinajstić information content (AvgIpc) is 2.45. The highest BCUT2D eigenvalue weighted by Crippen LogP contribution is 2.94. The lowest BCUT2D eigenvalue weighted by molar-refractivity contribution is -0.129. The fraction of sp³-hybridized carbons (Fsp3) is 1.00. The molecule has 0 saturated heterocycles. The summed E-state index contributed by atoms with van der Waals surface area (Å²) in [5.74, 6) is 1.69. The number of aliphatic hydroxyl groups excluding tert-OH is 1. The molecule has 5 rings (SSSR count). The first-order valence-corrected chi connectivity index (χ1v) is 7.00. The molecular weight excluding hydrogens is 196 g/mol. The third kappa shape index (κ3) is 0.592. The Balaban J connectivity index is 1.97. The van der Waals surface area contributed by atoms with Crippen molar-refractivity contribution in [2.45, 2.75) is 59.5 Å². The zero-order valence-electron chi connectivity index (χ0n) is 11.0. The van der Waals surface area contributed by atoms with Crippen LogP contribution in [0.1, 0.15) is 53.4 Å². The van der Waals surface area contributed by atoms with Crippen molar-refractivity contribution in [3.05, 3.63) is 0 Å². The van der Waals surface area contributed by atoms with Crippen LogP contribution < -0.4 is 0 Å². The van der Waals surface area contributed by atoms with E-state index in [1.807, 2.05) is 0 Å². The summed E-state index contributed by atoms with van der Waals surface area (Å²) >= 11 is 0. The van der Waals surface area contributed by atoms with E-state index in [2.05, 4.69) is 27.7 Å². The van der Waals surface area contributed by atoms with E-state index < -0.39 is 0 Å². The topological polar surface area (TPSA) is 20.2 Å². The average molecular weight is 220 g/mol. The van der Waals surface area contributed by atoms with Crippen LogP contribution in [0.2, 0.25) is 0 Å². The van der Waals surface area contributed by atoms with E-state index in [1.54, 1.807) is 0 Å². The van der Waals surface area contributed by atoms with E-state index in [-0.39, 0.29) is 11.5 Å². The van der Waals surface area contributed by atoms with Crippen LogP contribution in [0.3, 0.4) is 0 Å². The minimum Gasteiger partial charge on any atom is -0.392 e. The Kier molecular flexibility index (Phi) is 1.33. The van der Waals surface area contributed by atoms with Crippen LogP contribution in [0.15, 0.2) is 0 Å². The SMILES string of the molecule is CC1(C)CCC[C@]2(C)[C@H]3C4C[C@@]12[C@H](O)[C@]43C. The Labute approximate surface area is 98.6 Å². The molecule has 1 nitrogen and oxygen atoms in total. The van der Waals surface area contributed by atoms with Gasteiger partial charge in [-0.1, -0.05) is 34.1 Å². The summed E-state index contributed by atoms with van der Waals surface area (Å²) in [5.41, 5.74) is 1.35. The van der Waals surface area contributed by atoms with Crippen LogP contribution >= 0.6 is 0 Å². The zero-order chi connectivity index (χ0) is 11.6. The van der Waals surface area contributed by atoms with Gasteiger partial charge in [-0.05, 0) is 41.9 Å². The fourth-order valence-electron chi connectivity index (χ4n) is 7.20. The molecule has 5 saturated carbocycles. The van der Waals surface area contributed by atoms with Gasteiger partial charge in [-0.2, -0.15) is 0 Å². The first-order valence-electron chi connectivity index (χ1n) is 7.00. The van der Waals surface area contributed by atoms with Crippen molar-refractivity contribution < 1.29 is 5.11 Å². The van der Waals surface area contributed by atoms with E-state index >= 15 is 0 Å². The van der Waals surface area contributed by atoms with Crippen LogP contribution in [0, 0.1) is 33.5 Å². The van der Waals surface area contributed by atoms with Gasteiger partial charge in [0, 0.05) is 10.8 Å². The lowest BCUT2D eigenvalue weighted by Crippen LogP contribution is -2.53. The highest BCUT2D eigenvalue weighted by molar-refractivity contribution is 5.40. The van der Waals surface area contributed by atoms with Crippen molar-refractivity contribution in [1.29, 1.82) is 0 Å². The summed E-state index contributed by atoms with van der Waals surface area (Å²) in [4.78, 5) is 0. The lowest BCUT2D eigenvalue weighted by atomic mass is 9.48. The summed E-state index contributed by atoms with van der Waals surface area (Å²) in [7, 11) is 0. The van der Waals surface area contributed by atoms with Gasteiger partial charge < -0.3 is 5.11 Å². The Morgan fingerprint density at radius 1 is 1.06 bits per heavy atom. The van der Waals surface area contributed by atoms with Gasteiger partial charge in [0.2, 0.25) is 0 Å². The monoisotopic (exact) mass is 220 g/mol. The van der Waals surface area contributed by atoms with E-state index in [0.717, 1.165) is 11.8 Å². The second kappa shape index (κ2) is 2.13. The molecule has 5 aliphatic carbocycles. The van der Waals surface area contributed by atoms with E-state index in [1.165, 1.54) is 25.7 Å². The van der Waals surface area contributed by atoms with Crippen LogP contribution in [-0.2, 0) is 0 Å². The normalized spacial score (nSPS) is 69.2. The molecule has 16 heavy (non-hydrogen) atoms. The number of hydrogen-bond acceptors (Lipinski definition) is 1. The molecule has 1 N–H and O–H groups in total. The predicted octanol–water partition coefficient (Wildman–Crippen LogP) is 3.22. The molecule has 5 aliphatic rings. The summed E-state index contributed by atoms with van der Waals surface area (Å²) < 4.78 is 0. The third-order valence-electron chi connectivity index (χ3n) is 7.77. The Hall–Kier alpha value is -0.0400. The summed E-state index contributed by atoms with van der Waals surface area (Å²) in [5, 5.41) is 10.9. The van der Waals surface area contributed by atoms with Crippen molar-refractivity contribution in [3.8, 4) is 0 Å². The van der Waals surface area contributed by atoms with E-state index in [9.17, 15) is 5.11 Å². The van der Waals surface area contributed by atoms with Gasteiger partial charge >= 0.3 is 0 Å². The molecule has 0 aromatic rings. The standard InChI is InChI=1S/C15H24O/c1-12(2)6-5-7-13(3)10-9-8-15(12,13)11(16)14(9,10)4/h9-11,16H,5-8H2,1-4H3/t9?,10-,11-,13-,14-,15-/m1/s1. The molecule has 0 amide bonds. The third-order valence-corrected chi connectivity index (χ3v) is 7.77. The smallest absolute Gasteiger partial charge is 0.0666 e. The molecule has 1 spiro atoms. The van der Waals surface area contributed by atoms with E-state index in [0.29, 0.717) is 16.2 Å². The number of aliphatic hydroxyl groups is 1. The van der Waals surface area contributed by atoms with E-state index in [4.69, 9.17) is 0 Å². The molecule has 4 bridgehead atoms. The van der Waals surface area contributed by atoms with Crippen LogP contribution in [0.5, 0.6) is 0 Å². The Morgan fingerprint density at radius 3 is 2.25 bits per heavy atom. The molecule has 0 aromatic heterocycles. The highest BCUT2D eigenvalue weighted by atomic mass is 16.3. The number of rotatable bonds is 0. The zero-order valence-corrected chi connectivity index (χ0v) is 11.0. The Bertz CT molecular complexity index is 387. The molecule has 1 heteroatoms. The van der Waals surface area contributed by atoms with Crippen molar-refractivity contribution in [2.75, 3.05) is 0 Å². The molecule has 0 radical (unpaired) electrons. The second-order valence-electron chi connectivity index (χ2n) is 8.18. The minimum absolute atomic E-state index is 0.0182. The maximum Gasteiger partial charge on any atom is 0.0666 e. The molecule has 1 unspecified atom stereocenters. The largest absolute Gasteiger partial charge is 0.392 e. The van der Waals surface area contributed by atoms with Crippen LogP contribution in [0.25, 0.3) is 0 Å². The summed E-state index contributed by atoms with van der Waals surface area (Å²) in [6.07, 6.45) is 5.35. The second-order valence-corrected chi connectivity index (χ2v) is 8.18. The fourth-order valence-corrected chi connectivity index (χ4v) is 7.20. The maximum atomic E-state index is 10.9. The number of hydrogen-bond donors (Lipinski definition) is 1. The van der Waals surface area contributed by atoms with Gasteiger partial charge in [-0.3, -0.25) is 0 Å². The summed E-state index contributed by atoms with van der Waals surface area (Å²) in [6, 6.07) is 0. The van der Waals surface area contributed by atoms with Gasteiger partial charge in [0.15, 0.2) is 0 Å². The van der Waals surface area contributed by atoms with Gasteiger partial charge in [-0.15, -0.1) is 0 Å². The Morgan fingerprint density at radius 2 is 1.75 bits per heavy atom. The molecule has 0 aromatic carbocycles. The summed E-state index contributed by atoms with van der Waals surface area (Å²) in [6.45, 7) is 9.70. The first kappa shape index (κ1) is 9.94. The molecule has 0 aliphatic heterocycles. The van der Waals surface area contributed by atoms with Crippen molar-refractivity contribution in [3.63, 3.8) is 0 Å². The lowest BCUT2D eigenvalue weighted by Gasteiger charge is -2.57. The maximum absolute atomic E-state index is 10.9. The first-order chi connectivity index (χ1) is 7.32.